The summed E-state index contributed by atoms with van der Waals surface area (Å²) in [4.78, 5) is 0. The van der Waals surface area contributed by atoms with Crippen LogP contribution < -0.4 is 0 Å². The Hall–Kier alpha value is 0.380. The van der Waals surface area contributed by atoms with E-state index in [0.717, 1.165) is 0 Å². The second-order valence-electron chi connectivity index (χ2n) is 0.644. The smallest absolute Gasteiger partial charge is 0.182 e. The molecule has 0 bridgehead atoms. The second-order valence-corrected chi connectivity index (χ2v) is 1.70. The zero-order chi connectivity index (χ0) is 5.54. The fraction of sp³-hybridized carbons (Fsp3) is 1.00. The van der Waals surface area contributed by atoms with Gasteiger partial charge in [0, 0.05) is 0 Å². The zero-order valence-electron chi connectivity index (χ0n) is 3.49. The molecule has 2 atom stereocenters. The van der Waals surface area contributed by atoms with E-state index in [0.29, 0.717) is 0 Å². The lowest BCUT2D eigenvalue weighted by atomic mass is 11.6. The van der Waals surface area contributed by atoms with Gasteiger partial charge < -0.3 is 9.05 Å². The molecule has 0 amide bonds. The van der Waals surface area contributed by atoms with E-state index in [4.69, 9.17) is 0 Å². The molecular weight excluding hydrogens is 138 g/mol. The molecule has 4 nitrogen and oxygen atoms in total. The molecule has 44 valence electrons. The van der Waals surface area contributed by atoms with E-state index in [2.05, 4.69) is 9.05 Å². The van der Waals surface area contributed by atoms with E-state index in [1.807, 2.05) is 0 Å². The summed E-state index contributed by atoms with van der Waals surface area (Å²) in [5.41, 5.74) is 0. The van der Waals surface area contributed by atoms with Crippen molar-refractivity contribution in [3.05, 3.63) is 0 Å². The first-order valence-corrected chi connectivity index (χ1v) is 3.41. The van der Waals surface area contributed by atoms with Crippen molar-refractivity contribution >= 4 is 17.4 Å². The average Bonchev–Trinajstić information content (AvgIpc) is 1.69. The molecule has 0 aliphatic carbocycles. The molecule has 0 aliphatic heterocycles. The highest BCUT2D eigenvalue weighted by molar-refractivity contribution is 7.18. The maximum Gasteiger partial charge on any atom is 0.182 e. The molecular formula is CH6O4P2. The molecule has 7 heavy (non-hydrogen) atoms. The van der Waals surface area contributed by atoms with Crippen molar-refractivity contribution in [1.29, 1.82) is 0 Å². The third kappa shape index (κ3) is 6.38. The predicted octanol–water partition coefficient (Wildman–Crippen LogP) is 0.320. The van der Waals surface area contributed by atoms with Crippen LogP contribution >= 0.6 is 17.4 Å². The van der Waals surface area contributed by atoms with Gasteiger partial charge in [0.25, 0.3) is 0 Å². The van der Waals surface area contributed by atoms with Crippen LogP contribution in [0.25, 0.3) is 0 Å². The van der Waals surface area contributed by atoms with Gasteiger partial charge in [0.05, 0.1) is 0 Å². The Bertz CT molecular complexity index is 54.7. The van der Waals surface area contributed by atoms with Crippen molar-refractivity contribution in [2.24, 2.45) is 0 Å². The lowest BCUT2D eigenvalue weighted by Crippen LogP contribution is -1.77. The highest BCUT2D eigenvalue weighted by Gasteiger charge is 1.74. The SMILES string of the molecule is O=[PH2]OCO[PH2]=O. The number of hydrogen-bond donors (Lipinski definition) is 0. The zero-order valence-corrected chi connectivity index (χ0v) is 5.80. The van der Waals surface area contributed by atoms with E-state index in [9.17, 15) is 9.13 Å². The number of hydrogen-bond acceptors (Lipinski definition) is 4. The van der Waals surface area contributed by atoms with E-state index in [-0.39, 0.29) is 6.79 Å². The van der Waals surface area contributed by atoms with Crippen molar-refractivity contribution in [3.8, 4) is 0 Å². The molecule has 0 aromatic carbocycles. The van der Waals surface area contributed by atoms with Gasteiger partial charge in [-0.05, 0) is 0 Å². The van der Waals surface area contributed by atoms with Crippen LogP contribution in [0.2, 0.25) is 0 Å². The lowest BCUT2D eigenvalue weighted by molar-refractivity contribution is 0.148. The molecule has 0 spiro atoms. The standard InChI is InChI=1S/CH6O4P2/c2-6-4-1-5-7-3/h1,6-7H2. The lowest BCUT2D eigenvalue weighted by Gasteiger charge is -1.87. The van der Waals surface area contributed by atoms with E-state index < -0.39 is 17.4 Å². The minimum atomic E-state index is -1.22. The molecule has 0 aromatic rings. The Balaban J connectivity index is 2.68. The third-order valence-corrected chi connectivity index (χ3v) is 0.816. The highest BCUT2D eigenvalue weighted by atomic mass is 31.1. The van der Waals surface area contributed by atoms with Crippen LogP contribution in [0, 0.1) is 0 Å². The van der Waals surface area contributed by atoms with Gasteiger partial charge in [0.1, 0.15) is 0 Å². The monoisotopic (exact) mass is 144 g/mol. The van der Waals surface area contributed by atoms with Gasteiger partial charge in [0.2, 0.25) is 0 Å². The van der Waals surface area contributed by atoms with Crippen LogP contribution in [-0.4, -0.2) is 6.79 Å². The summed E-state index contributed by atoms with van der Waals surface area (Å²) in [5.74, 6) is 0. The average molecular weight is 144 g/mol. The van der Waals surface area contributed by atoms with Gasteiger partial charge in [-0.3, -0.25) is 9.13 Å². The highest BCUT2D eigenvalue weighted by Crippen LogP contribution is 1.98. The minimum absolute atomic E-state index is 0.113. The van der Waals surface area contributed by atoms with Crippen molar-refractivity contribution < 1.29 is 18.2 Å². The minimum Gasteiger partial charge on any atom is -0.305 e. The Labute approximate surface area is 43.4 Å². The molecule has 0 saturated carbocycles. The van der Waals surface area contributed by atoms with Crippen molar-refractivity contribution in [2.75, 3.05) is 6.79 Å². The van der Waals surface area contributed by atoms with Crippen LogP contribution in [-0.2, 0) is 18.2 Å². The summed E-state index contributed by atoms with van der Waals surface area (Å²) in [6.07, 6.45) is 0. The maximum absolute atomic E-state index is 9.49. The van der Waals surface area contributed by atoms with E-state index >= 15 is 0 Å². The molecule has 0 aliphatic rings. The molecule has 0 fully saturated rings. The second kappa shape index (κ2) is 6.38. The molecule has 0 heterocycles. The Kier molecular flexibility index (Phi) is 6.73. The fourth-order valence-corrected chi connectivity index (χ4v) is 0.520. The third-order valence-electron chi connectivity index (χ3n) is 0.272. The molecule has 2 unspecified atom stereocenters. The van der Waals surface area contributed by atoms with Crippen LogP contribution in [0.15, 0.2) is 0 Å². The Morgan fingerprint density at radius 1 is 1.14 bits per heavy atom. The molecule has 0 N–H and O–H groups in total. The molecule has 0 aromatic heterocycles. The quantitative estimate of drug-likeness (QED) is 0.324. The largest absolute Gasteiger partial charge is 0.305 e. The van der Waals surface area contributed by atoms with Gasteiger partial charge in [-0.15, -0.1) is 0 Å². The van der Waals surface area contributed by atoms with Gasteiger partial charge in [0.15, 0.2) is 24.2 Å². The topological polar surface area (TPSA) is 52.6 Å². The normalized spacial score (nSPS) is 12.6. The van der Waals surface area contributed by atoms with Crippen molar-refractivity contribution in [1.82, 2.24) is 0 Å². The van der Waals surface area contributed by atoms with E-state index in [1.165, 1.54) is 0 Å². The summed E-state index contributed by atoms with van der Waals surface area (Å²) >= 11 is 0. The molecule has 0 saturated heterocycles. The number of rotatable bonds is 4. The first-order chi connectivity index (χ1) is 3.41. The van der Waals surface area contributed by atoms with Crippen LogP contribution in [0.1, 0.15) is 0 Å². The molecule has 0 rings (SSSR count). The van der Waals surface area contributed by atoms with Gasteiger partial charge >= 0.3 is 0 Å². The Morgan fingerprint density at radius 3 is 1.86 bits per heavy atom. The van der Waals surface area contributed by atoms with Crippen LogP contribution in [0.5, 0.6) is 0 Å². The summed E-state index contributed by atoms with van der Waals surface area (Å²) in [5, 5.41) is 0. The van der Waals surface area contributed by atoms with Gasteiger partial charge in [-0.25, -0.2) is 0 Å². The van der Waals surface area contributed by atoms with Gasteiger partial charge in [-0.2, -0.15) is 0 Å². The Morgan fingerprint density at radius 2 is 1.57 bits per heavy atom. The van der Waals surface area contributed by atoms with Crippen LogP contribution in [0.4, 0.5) is 0 Å². The first kappa shape index (κ1) is 7.38. The summed E-state index contributed by atoms with van der Waals surface area (Å²) in [6.45, 7) is -0.113. The summed E-state index contributed by atoms with van der Waals surface area (Å²) in [6, 6.07) is 0. The molecule has 0 radical (unpaired) electrons. The van der Waals surface area contributed by atoms with Crippen LogP contribution in [0.3, 0.4) is 0 Å². The van der Waals surface area contributed by atoms with E-state index in [1.54, 1.807) is 0 Å². The van der Waals surface area contributed by atoms with Gasteiger partial charge in [-0.1, -0.05) is 0 Å². The van der Waals surface area contributed by atoms with Crippen molar-refractivity contribution in [3.63, 3.8) is 0 Å². The fourth-order valence-electron chi connectivity index (χ4n) is 0.0948. The summed E-state index contributed by atoms with van der Waals surface area (Å²) in [7, 11) is -2.44. The summed E-state index contributed by atoms with van der Waals surface area (Å²) < 4.78 is 27.4. The first-order valence-electron chi connectivity index (χ1n) is 1.52. The van der Waals surface area contributed by atoms with Crippen molar-refractivity contribution in [2.45, 2.75) is 0 Å². The molecule has 6 heteroatoms. The predicted molar refractivity (Wildman–Crippen MR) is 27.8 cm³/mol. The maximum atomic E-state index is 9.49.